The Morgan fingerprint density at radius 3 is 2.31 bits per heavy atom. The van der Waals surface area contributed by atoms with Crippen molar-refractivity contribution in [3.63, 3.8) is 0 Å². The molecule has 0 bridgehead atoms. The van der Waals surface area contributed by atoms with Crippen LogP contribution in [0.2, 0.25) is 0 Å². The molecule has 0 saturated heterocycles. The van der Waals surface area contributed by atoms with Crippen molar-refractivity contribution in [1.82, 2.24) is 10.0 Å². The van der Waals surface area contributed by atoms with Crippen molar-refractivity contribution in [3.05, 3.63) is 29.8 Å². The van der Waals surface area contributed by atoms with E-state index in [1.165, 1.54) is 44.0 Å². The zero-order chi connectivity index (χ0) is 21.7. The summed E-state index contributed by atoms with van der Waals surface area (Å²) in [6.45, 7) is 6.72. The van der Waals surface area contributed by atoms with Gasteiger partial charge in [0.1, 0.15) is 0 Å². The minimum absolute atomic E-state index is 0.0302. The summed E-state index contributed by atoms with van der Waals surface area (Å²) in [6, 6.07) is 5.72. The van der Waals surface area contributed by atoms with Gasteiger partial charge in [0, 0.05) is 11.6 Å². The van der Waals surface area contributed by atoms with Gasteiger partial charge in [0.25, 0.3) is 5.91 Å². The highest BCUT2D eigenvalue weighted by Gasteiger charge is 2.25. The Morgan fingerprint density at radius 2 is 1.72 bits per heavy atom. The second kappa shape index (κ2) is 9.71. The third-order valence-corrected chi connectivity index (χ3v) is 6.43. The Balaban J connectivity index is 2.02. The average Bonchev–Trinajstić information content (AvgIpc) is 2.88. The van der Waals surface area contributed by atoms with Crippen molar-refractivity contribution in [1.29, 1.82) is 0 Å². The molecule has 1 atom stereocenters. The lowest BCUT2D eigenvalue weighted by Gasteiger charge is -2.21. The van der Waals surface area contributed by atoms with Gasteiger partial charge in [-0.2, -0.15) is 0 Å². The number of hydrogen-bond acceptors (Lipinski definition) is 5. The maximum Gasteiger partial charge on any atom is 0.338 e. The first kappa shape index (κ1) is 23.3. The number of sulfonamides is 1. The predicted octanol–water partition coefficient (Wildman–Crippen LogP) is 3.15. The summed E-state index contributed by atoms with van der Waals surface area (Å²) < 4.78 is 32.8. The van der Waals surface area contributed by atoms with E-state index in [0.717, 1.165) is 25.7 Å². The molecule has 1 aromatic rings. The summed E-state index contributed by atoms with van der Waals surface area (Å²) in [7, 11) is -3.78. The van der Waals surface area contributed by atoms with E-state index in [4.69, 9.17) is 4.74 Å². The predicted molar refractivity (Wildman–Crippen MR) is 111 cm³/mol. The number of nitrogens with one attached hydrogen (secondary N) is 2. The second-order valence-corrected chi connectivity index (χ2v) is 10.3. The van der Waals surface area contributed by atoms with Crippen molar-refractivity contribution < 1.29 is 22.7 Å². The van der Waals surface area contributed by atoms with Crippen molar-refractivity contribution >= 4 is 21.9 Å². The van der Waals surface area contributed by atoms with Crippen LogP contribution in [0.25, 0.3) is 0 Å². The van der Waals surface area contributed by atoms with E-state index in [1.807, 2.05) is 0 Å². The molecule has 2 N–H and O–H groups in total. The van der Waals surface area contributed by atoms with E-state index >= 15 is 0 Å². The van der Waals surface area contributed by atoms with E-state index in [9.17, 15) is 18.0 Å². The molecule has 1 fully saturated rings. The minimum atomic E-state index is -3.78. The first-order valence-electron chi connectivity index (χ1n) is 10.1. The lowest BCUT2D eigenvalue weighted by Crippen LogP contribution is -2.42. The van der Waals surface area contributed by atoms with Crippen LogP contribution in [0.1, 0.15) is 76.6 Å². The largest absolute Gasteiger partial charge is 0.449 e. The molecule has 1 aromatic carbocycles. The van der Waals surface area contributed by atoms with Gasteiger partial charge in [0.15, 0.2) is 6.10 Å². The fourth-order valence-electron chi connectivity index (χ4n) is 3.28. The normalized spacial score (nSPS) is 17.2. The quantitative estimate of drug-likeness (QED) is 0.540. The summed E-state index contributed by atoms with van der Waals surface area (Å²) in [4.78, 5) is 24.8. The molecule has 8 heteroatoms. The molecule has 1 saturated carbocycles. The highest BCUT2D eigenvalue weighted by atomic mass is 32.2. The van der Waals surface area contributed by atoms with Crippen LogP contribution in [-0.4, -0.2) is 38.0 Å². The smallest absolute Gasteiger partial charge is 0.338 e. The second-order valence-electron chi connectivity index (χ2n) is 8.63. The van der Waals surface area contributed by atoms with Crippen LogP contribution in [0.3, 0.4) is 0 Å². The Morgan fingerprint density at radius 1 is 1.10 bits per heavy atom. The van der Waals surface area contributed by atoms with Crippen LogP contribution in [-0.2, 0) is 19.6 Å². The van der Waals surface area contributed by atoms with Crippen molar-refractivity contribution in [3.8, 4) is 0 Å². The third kappa shape index (κ3) is 7.44. The highest BCUT2D eigenvalue weighted by molar-refractivity contribution is 7.89. The Labute approximate surface area is 173 Å². The lowest BCUT2D eigenvalue weighted by molar-refractivity contribution is -0.129. The number of esters is 1. The fraction of sp³-hybridized carbons (Fsp3) is 0.619. The summed E-state index contributed by atoms with van der Waals surface area (Å²) >= 11 is 0. The molecule has 2 rings (SSSR count). The van der Waals surface area contributed by atoms with Gasteiger partial charge < -0.3 is 10.1 Å². The van der Waals surface area contributed by atoms with Crippen LogP contribution in [0.5, 0.6) is 0 Å². The van der Waals surface area contributed by atoms with Crippen LogP contribution in [0.4, 0.5) is 0 Å². The fourth-order valence-corrected chi connectivity index (χ4v) is 4.74. The SMILES string of the molecule is C[C@@H](OC(=O)c1cccc(S(=O)(=O)NC(C)(C)C)c1)C(=O)NC1CCCCCC1. The molecule has 0 aliphatic heterocycles. The number of rotatable bonds is 6. The van der Waals surface area contributed by atoms with E-state index in [0.29, 0.717) is 0 Å². The molecule has 29 heavy (non-hydrogen) atoms. The molecule has 0 unspecified atom stereocenters. The molecule has 1 amide bonds. The van der Waals surface area contributed by atoms with Crippen molar-refractivity contribution in [2.45, 2.75) is 88.8 Å². The van der Waals surface area contributed by atoms with E-state index < -0.39 is 27.6 Å². The number of carbonyl (C=O) groups is 2. The molecule has 0 radical (unpaired) electrons. The standard InChI is InChI=1S/C21H32N2O5S/c1-15(19(24)22-17-11-7-5-6-8-12-17)28-20(25)16-10-9-13-18(14-16)29(26,27)23-21(2,3)4/h9-10,13-15,17,23H,5-8,11-12H2,1-4H3,(H,22,24)/t15-/m1/s1. The summed E-state index contributed by atoms with van der Waals surface area (Å²) in [6.07, 6.45) is 5.45. The number of amides is 1. The van der Waals surface area contributed by atoms with Gasteiger partial charge in [0.2, 0.25) is 10.0 Å². The van der Waals surface area contributed by atoms with Crippen molar-refractivity contribution in [2.24, 2.45) is 0 Å². The van der Waals surface area contributed by atoms with Crippen LogP contribution < -0.4 is 10.0 Å². The van der Waals surface area contributed by atoms with Gasteiger partial charge in [-0.05, 0) is 58.7 Å². The highest BCUT2D eigenvalue weighted by Crippen LogP contribution is 2.18. The topological polar surface area (TPSA) is 102 Å². The maximum absolute atomic E-state index is 12.5. The van der Waals surface area contributed by atoms with E-state index in [1.54, 1.807) is 20.8 Å². The Hall–Kier alpha value is -1.93. The Bertz CT molecular complexity index is 822. The number of ether oxygens (including phenoxy) is 1. The van der Waals surface area contributed by atoms with Crippen LogP contribution >= 0.6 is 0 Å². The molecule has 162 valence electrons. The summed E-state index contributed by atoms with van der Waals surface area (Å²) in [5.74, 6) is -1.07. The zero-order valence-corrected chi connectivity index (χ0v) is 18.5. The molecule has 0 spiro atoms. The number of carbonyl (C=O) groups excluding carboxylic acids is 2. The molecule has 0 aromatic heterocycles. The average molecular weight is 425 g/mol. The number of hydrogen-bond donors (Lipinski definition) is 2. The van der Waals surface area contributed by atoms with Gasteiger partial charge in [-0.15, -0.1) is 0 Å². The lowest BCUT2D eigenvalue weighted by atomic mass is 10.1. The molecular formula is C21H32N2O5S. The summed E-state index contributed by atoms with van der Waals surface area (Å²) in [5, 5.41) is 2.95. The molecule has 1 aliphatic carbocycles. The van der Waals surface area contributed by atoms with Gasteiger partial charge in [-0.3, -0.25) is 4.79 Å². The van der Waals surface area contributed by atoms with E-state index in [2.05, 4.69) is 10.0 Å². The van der Waals surface area contributed by atoms with Gasteiger partial charge in [-0.1, -0.05) is 31.7 Å². The zero-order valence-electron chi connectivity index (χ0n) is 17.7. The molecular weight excluding hydrogens is 392 g/mol. The van der Waals surface area contributed by atoms with Gasteiger partial charge >= 0.3 is 5.97 Å². The monoisotopic (exact) mass is 424 g/mol. The first-order chi connectivity index (χ1) is 13.5. The minimum Gasteiger partial charge on any atom is -0.449 e. The number of benzene rings is 1. The summed E-state index contributed by atoms with van der Waals surface area (Å²) in [5.41, 5.74) is -0.573. The van der Waals surface area contributed by atoms with Gasteiger partial charge in [-0.25, -0.2) is 17.9 Å². The van der Waals surface area contributed by atoms with Crippen molar-refractivity contribution in [2.75, 3.05) is 0 Å². The van der Waals surface area contributed by atoms with E-state index in [-0.39, 0.29) is 22.4 Å². The maximum atomic E-state index is 12.5. The Kier molecular flexibility index (Phi) is 7.82. The van der Waals surface area contributed by atoms with Crippen LogP contribution in [0.15, 0.2) is 29.2 Å². The molecule has 7 nitrogen and oxygen atoms in total. The van der Waals surface area contributed by atoms with Gasteiger partial charge in [0.05, 0.1) is 10.5 Å². The third-order valence-electron chi connectivity index (χ3n) is 4.68. The molecule has 0 heterocycles. The first-order valence-corrected chi connectivity index (χ1v) is 11.6. The molecule has 1 aliphatic rings. The van der Waals surface area contributed by atoms with Crippen LogP contribution in [0, 0.1) is 0 Å².